The Bertz CT molecular complexity index is 601. The van der Waals surface area contributed by atoms with Gasteiger partial charge >= 0.3 is 5.97 Å². The van der Waals surface area contributed by atoms with Gasteiger partial charge in [0.05, 0.1) is 13.1 Å². The van der Waals surface area contributed by atoms with E-state index in [1.807, 2.05) is 24.1 Å². The summed E-state index contributed by atoms with van der Waals surface area (Å²) in [5, 5.41) is 11.8. The summed E-state index contributed by atoms with van der Waals surface area (Å²) in [5.41, 5.74) is 2.12. The smallest absolute Gasteiger partial charge is 0.317 e. The van der Waals surface area contributed by atoms with Crippen LogP contribution in [-0.4, -0.2) is 66.1 Å². The summed E-state index contributed by atoms with van der Waals surface area (Å²) in [5.74, 6) is -0.271. The number of benzene rings is 1. The number of aliphatic carboxylic acids is 1. The third-order valence-corrected chi connectivity index (χ3v) is 5.31. The second kappa shape index (κ2) is 11.3. The number of nitrogens with one attached hydrogen (secondary N) is 1. The molecule has 1 aliphatic heterocycles. The Morgan fingerprint density at radius 3 is 2.37 bits per heavy atom. The fraction of sp³-hybridized carbons (Fsp3) is 0.600. The molecule has 7 heteroatoms. The molecule has 1 aromatic carbocycles. The molecule has 1 aliphatic rings. The molecule has 27 heavy (non-hydrogen) atoms. The van der Waals surface area contributed by atoms with Gasteiger partial charge in [0.1, 0.15) is 0 Å². The van der Waals surface area contributed by atoms with Crippen molar-refractivity contribution in [2.45, 2.75) is 45.1 Å². The van der Waals surface area contributed by atoms with Crippen molar-refractivity contribution in [3.63, 3.8) is 0 Å². The van der Waals surface area contributed by atoms with Crippen molar-refractivity contribution < 1.29 is 14.7 Å². The molecule has 1 heterocycles. The summed E-state index contributed by atoms with van der Waals surface area (Å²) >= 11 is 0. The van der Waals surface area contributed by atoms with E-state index in [0.717, 1.165) is 38.0 Å². The van der Waals surface area contributed by atoms with Crippen LogP contribution >= 0.6 is 12.4 Å². The Balaban J connectivity index is 0.00000364. The van der Waals surface area contributed by atoms with Crippen LogP contribution in [0.1, 0.15) is 44.6 Å². The first-order valence-corrected chi connectivity index (χ1v) is 9.43. The van der Waals surface area contributed by atoms with Crippen LogP contribution in [0.2, 0.25) is 0 Å². The van der Waals surface area contributed by atoms with Gasteiger partial charge in [-0.25, -0.2) is 0 Å². The fourth-order valence-electron chi connectivity index (χ4n) is 3.39. The first-order chi connectivity index (χ1) is 12.4. The van der Waals surface area contributed by atoms with Gasteiger partial charge in [-0.15, -0.1) is 12.4 Å². The van der Waals surface area contributed by atoms with Gasteiger partial charge in [-0.3, -0.25) is 19.4 Å². The maximum atomic E-state index is 12.3. The average molecular weight is 398 g/mol. The van der Waals surface area contributed by atoms with E-state index in [9.17, 15) is 9.59 Å². The van der Waals surface area contributed by atoms with Crippen LogP contribution in [0.4, 0.5) is 5.69 Å². The van der Waals surface area contributed by atoms with Crippen LogP contribution in [0.3, 0.4) is 0 Å². The van der Waals surface area contributed by atoms with E-state index in [-0.39, 0.29) is 30.9 Å². The van der Waals surface area contributed by atoms with Gasteiger partial charge in [0, 0.05) is 24.8 Å². The van der Waals surface area contributed by atoms with Crippen molar-refractivity contribution in [2.24, 2.45) is 0 Å². The monoisotopic (exact) mass is 397 g/mol. The number of nitrogens with zero attached hydrogens (tertiary/aromatic N) is 2. The van der Waals surface area contributed by atoms with Gasteiger partial charge in [-0.2, -0.15) is 0 Å². The lowest BCUT2D eigenvalue weighted by Crippen LogP contribution is -2.46. The third-order valence-electron chi connectivity index (χ3n) is 5.31. The first kappa shape index (κ1) is 23.4. The van der Waals surface area contributed by atoms with Gasteiger partial charge in [-0.1, -0.05) is 26.0 Å². The SMILES string of the molecule is CCC(C)c1ccc(NC(=O)CN2CCC(N(C)CC(=O)O)CC2)cc1.Cl. The summed E-state index contributed by atoms with van der Waals surface area (Å²) in [7, 11) is 1.85. The first-order valence-electron chi connectivity index (χ1n) is 9.43. The summed E-state index contributed by atoms with van der Waals surface area (Å²) < 4.78 is 0. The second-order valence-electron chi connectivity index (χ2n) is 7.30. The van der Waals surface area contributed by atoms with Gasteiger partial charge < -0.3 is 10.4 Å². The van der Waals surface area contributed by atoms with Crippen molar-refractivity contribution in [1.29, 1.82) is 0 Å². The number of piperidine rings is 1. The Hall–Kier alpha value is -1.63. The Morgan fingerprint density at radius 2 is 1.85 bits per heavy atom. The minimum absolute atomic E-state index is 0. The second-order valence-corrected chi connectivity index (χ2v) is 7.30. The summed E-state index contributed by atoms with van der Waals surface area (Å²) in [4.78, 5) is 27.1. The number of carbonyl (C=O) groups is 2. The number of halogens is 1. The molecule has 1 fully saturated rings. The van der Waals surface area contributed by atoms with Gasteiger partial charge in [0.25, 0.3) is 0 Å². The van der Waals surface area contributed by atoms with Crippen LogP contribution in [0.5, 0.6) is 0 Å². The van der Waals surface area contributed by atoms with Crippen molar-refractivity contribution in [1.82, 2.24) is 9.80 Å². The third kappa shape index (κ3) is 7.48. The Kier molecular flexibility index (Phi) is 9.77. The largest absolute Gasteiger partial charge is 0.480 e. The van der Waals surface area contributed by atoms with E-state index in [4.69, 9.17) is 5.11 Å². The summed E-state index contributed by atoms with van der Waals surface area (Å²) in [6.45, 7) is 6.44. The number of likely N-dealkylation sites (N-methyl/N-ethyl adjacent to an activating group) is 1. The highest BCUT2D eigenvalue weighted by atomic mass is 35.5. The van der Waals surface area contributed by atoms with Crippen LogP contribution in [0, 0.1) is 0 Å². The van der Waals surface area contributed by atoms with E-state index in [0.29, 0.717) is 12.5 Å². The molecule has 1 unspecified atom stereocenters. The average Bonchev–Trinajstić information content (AvgIpc) is 2.61. The van der Waals surface area contributed by atoms with E-state index in [1.54, 1.807) is 0 Å². The highest BCUT2D eigenvalue weighted by molar-refractivity contribution is 5.92. The molecule has 0 aromatic heterocycles. The lowest BCUT2D eigenvalue weighted by Gasteiger charge is -2.35. The zero-order valence-corrected chi connectivity index (χ0v) is 17.3. The molecule has 0 radical (unpaired) electrons. The number of amides is 1. The molecule has 0 spiro atoms. The molecule has 0 saturated carbocycles. The van der Waals surface area contributed by atoms with E-state index >= 15 is 0 Å². The predicted octanol–water partition coefficient (Wildman–Crippen LogP) is 3.04. The molecule has 2 N–H and O–H groups in total. The van der Waals surface area contributed by atoms with Crippen molar-refractivity contribution >= 4 is 30.0 Å². The normalized spacial score (nSPS) is 16.6. The molecule has 0 aliphatic carbocycles. The molecule has 6 nitrogen and oxygen atoms in total. The highest BCUT2D eigenvalue weighted by Gasteiger charge is 2.24. The number of carboxylic acids is 1. The van der Waals surface area contributed by atoms with Crippen LogP contribution in [0.25, 0.3) is 0 Å². The number of anilines is 1. The molecule has 1 atom stereocenters. The molecule has 1 amide bonds. The number of carbonyl (C=O) groups excluding carboxylic acids is 1. The highest BCUT2D eigenvalue weighted by Crippen LogP contribution is 2.20. The van der Waals surface area contributed by atoms with Crippen LogP contribution < -0.4 is 5.32 Å². The van der Waals surface area contributed by atoms with Crippen molar-refractivity contribution in [2.75, 3.05) is 38.5 Å². The molecule has 152 valence electrons. The summed E-state index contributed by atoms with van der Waals surface area (Å²) in [6.07, 6.45) is 2.88. The van der Waals surface area contributed by atoms with Gasteiger partial charge in [0.15, 0.2) is 0 Å². The van der Waals surface area contributed by atoms with Gasteiger partial charge in [0.2, 0.25) is 5.91 Å². The molecule has 2 rings (SSSR count). The number of carboxylic acid groups (broad SMARTS) is 1. The Labute approximate surface area is 168 Å². The molecular weight excluding hydrogens is 366 g/mol. The maximum absolute atomic E-state index is 12.3. The minimum Gasteiger partial charge on any atom is -0.480 e. The van der Waals surface area contributed by atoms with E-state index in [1.165, 1.54) is 5.56 Å². The Morgan fingerprint density at radius 1 is 1.26 bits per heavy atom. The molecule has 1 aromatic rings. The van der Waals surface area contributed by atoms with Crippen LogP contribution in [0.15, 0.2) is 24.3 Å². The molecule has 1 saturated heterocycles. The van der Waals surface area contributed by atoms with Crippen LogP contribution in [-0.2, 0) is 9.59 Å². The molecular formula is C20H32ClN3O3. The summed E-state index contributed by atoms with van der Waals surface area (Å²) in [6, 6.07) is 8.36. The maximum Gasteiger partial charge on any atom is 0.317 e. The van der Waals surface area contributed by atoms with E-state index < -0.39 is 5.97 Å². The number of hydrogen-bond acceptors (Lipinski definition) is 4. The minimum atomic E-state index is -0.798. The zero-order valence-electron chi connectivity index (χ0n) is 16.5. The number of hydrogen-bond donors (Lipinski definition) is 2. The van der Waals surface area contributed by atoms with E-state index in [2.05, 4.69) is 36.2 Å². The standard InChI is InChI=1S/C20H31N3O3.ClH/c1-4-15(2)16-5-7-17(8-6-16)21-19(24)13-23-11-9-18(10-12-23)22(3)14-20(25)26;/h5-8,15,18H,4,9-14H2,1-3H3,(H,21,24)(H,25,26);1H. The number of rotatable bonds is 8. The lowest BCUT2D eigenvalue weighted by molar-refractivity contribution is -0.138. The van der Waals surface area contributed by atoms with Crippen molar-refractivity contribution in [3.05, 3.63) is 29.8 Å². The quantitative estimate of drug-likeness (QED) is 0.705. The van der Waals surface area contributed by atoms with Crippen molar-refractivity contribution in [3.8, 4) is 0 Å². The van der Waals surface area contributed by atoms with Gasteiger partial charge in [-0.05, 0) is 49.9 Å². The molecule has 0 bridgehead atoms. The predicted molar refractivity (Wildman–Crippen MR) is 111 cm³/mol. The number of likely N-dealkylation sites (tertiary alicyclic amines) is 1. The fourth-order valence-corrected chi connectivity index (χ4v) is 3.39. The zero-order chi connectivity index (χ0) is 19.1. The lowest BCUT2D eigenvalue weighted by atomic mass is 9.99. The topological polar surface area (TPSA) is 72.9 Å².